The Morgan fingerprint density at radius 3 is 2.48 bits per heavy atom. The lowest BCUT2D eigenvalue weighted by molar-refractivity contribution is -0.385. The number of nitro groups is 1. The number of halogens is 2. The first-order valence-corrected chi connectivity index (χ1v) is 7.77. The lowest BCUT2D eigenvalue weighted by Crippen LogP contribution is -2.37. The zero-order chi connectivity index (χ0) is 18.7. The van der Waals surface area contributed by atoms with Crippen molar-refractivity contribution in [3.05, 3.63) is 74.0 Å². The fourth-order valence-electron chi connectivity index (χ4n) is 2.47. The van der Waals surface area contributed by atoms with E-state index in [0.29, 0.717) is 11.1 Å². The van der Waals surface area contributed by atoms with Gasteiger partial charge in [0.1, 0.15) is 11.4 Å². The van der Waals surface area contributed by atoms with Crippen molar-refractivity contribution in [2.45, 2.75) is 26.0 Å². The summed E-state index contributed by atoms with van der Waals surface area (Å²) < 4.78 is 13.0. The van der Waals surface area contributed by atoms with E-state index in [1.165, 1.54) is 37.3 Å². The summed E-state index contributed by atoms with van der Waals surface area (Å²) in [5.74, 6) is -1.14. The molecule has 0 aromatic heterocycles. The summed E-state index contributed by atoms with van der Waals surface area (Å²) in [6.07, 6.45) is -1.10. The van der Waals surface area contributed by atoms with E-state index < -0.39 is 34.5 Å². The van der Waals surface area contributed by atoms with Gasteiger partial charge in [0.15, 0.2) is 0 Å². The quantitative estimate of drug-likeness (QED) is 0.625. The monoisotopic (exact) mass is 366 g/mol. The Balaban J connectivity index is 2.24. The molecule has 2 aromatic carbocycles. The zero-order valence-corrected chi connectivity index (χ0v) is 14.2. The molecule has 132 valence electrons. The van der Waals surface area contributed by atoms with Gasteiger partial charge in [-0.05, 0) is 43.2 Å². The highest BCUT2D eigenvalue weighted by Crippen LogP contribution is 2.27. The predicted octanol–water partition coefficient (Wildman–Crippen LogP) is 3.55. The van der Waals surface area contributed by atoms with E-state index in [-0.39, 0.29) is 10.6 Å². The summed E-state index contributed by atoms with van der Waals surface area (Å²) >= 11 is 5.81. The van der Waals surface area contributed by atoms with Crippen LogP contribution in [-0.2, 0) is 0 Å². The first kappa shape index (κ1) is 18.8. The number of hydrogen-bond acceptors (Lipinski definition) is 4. The summed E-state index contributed by atoms with van der Waals surface area (Å²) in [4.78, 5) is 23.0. The minimum Gasteiger partial charge on any atom is -0.386 e. The molecule has 6 nitrogen and oxygen atoms in total. The third kappa shape index (κ3) is 4.32. The maximum Gasteiger partial charge on any atom is 0.283 e. The average Bonchev–Trinajstić information content (AvgIpc) is 2.53. The molecule has 2 aromatic rings. The van der Waals surface area contributed by atoms with Crippen LogP contribution in [0.4, 0.5) is 10.1 Å². The van der Waals surface area contributed by atoms with E-state index >= 15 is 0 Å². The average molecular weight is 367 g/mol. The topological polar surface area (TPSA) is 92.5 Å². The van der Waals surface area contributed by atoms with Crippen molar-refractivity contribution in [3.8, 4) is 0 Å². The van der Waals surface area contributed by atoms with Gasteiger partial charge < -0.3 is 10.4 Å². The minimum atomic E-state index is -1.10. The van der Waals surface area contributed by atoms with Crippen LogP contribution in [0.25, 0.3) is 0 Å². The normalized spacial score (nSPS) is 13.2. The molecule has 2 N–H and O–H groups in total. The highest BCUT2D eigenvalue weighted by molar-refractivity contribution is 6.31. The van der Waals surface area contributed by atoms with Crippen LogP contribution < -0.4 is 5.32 Å². The molecule has 0 aliphatic heterocycles. The van der Waals surface area contributed by atoms with Crippen LogP contribution >= 0.6 is 11.6 Å². The van der Waals surface area contributed by atoms with Crippen LogP contribution in [0, 0.1) is 22.9 Å². The number of carbonyl (C=O) groups excluding carboxylic acids is 1. The van der Waals surface area contributed by atoms with Crippen molar-refractivity contribution in [3.63, 3.8) is 0 Å². The molecule has 0 heterocycles. The third-order valence-electron chi connectivity index (χ3n) is 3.75. The molecule has 0 aliphatic carbocycles. The number of aliphatic hydroxyl groups excluding tert-OH is 1. The predicted molar refractivity (Wildman–Crippen MR) is 91.1 cm³/mol. The second-order valence-electron chi connectivity index (χ2n) is 5.63. The lowest BCUT2D eigenvalue weighted by atomic mass is 10.0. The maximum atomic E-state index is 13.0. The number of amides is 1. The Hall–Kier alpha value is -2.51. The van der Waals surface area contributed by atoms with Crippen molar-refractivity contribution < 1.29 is 19.2 Å². The standard InChI is InChI=1S/C17H16ClFN2O4/c1-9-7-12(18)8-14(21(24)25)15(9)17(23)20-10(2)16(22)11-3-5-13(19)6-4-11/h3-8,10,16,22H,1-2H3,(H,20,23)/t10-,16+/m0/s1. The summed E-state index contributed by atoms with van der Waals surface area (Å²) in [6, 6.07) is 6.99. The van der Waals surface area contributed by atoms with Gasteiger partial charge in [-0.3, -0.25) is 14.9 Å². The molecule has 1 amide bonds. The van der Waals surface area contributed by atoms with Gasteiger partial charge in [-0.15, -0.1) is 0 Å². The van der Waals surface area contributed by atoms with Crippen molar-refractivity contribution >= 4 is 23.2 Å². The number of benzene rings is 2. The molecule has 2 rings (SSSR count). The molecular formula is C17H16ClFN2O4. The van der Waals surface area contributed by atoms with Gasteiger partial charge in [0.05, 0.1) is 17.1 Å². The molecule has 0 fully saturated rings. The number of nitro benzene ring substituents is 1. The number of carbonyl (C=O) groups is 1. The van der Waals surface area contributed by atoms with Crippen LogP contribution in [0.3, 0.4) is 0 Å². The number of aryl methyl sites for hydroxylation is 1. The van der Waals surface area contributed by atoms with E-state index in [4.69, 9.17) is 11.6 Å². The first-order chi connectivity index (χ1) is 11.7. The number of nitrogens with one attached hydrogen (secondary N) is 1. The van der Waals surface area contributed by atoms with Crippen molar-refractivity contribution in [1.29, 1.82) is 0 Å². The van der Waals surface area contributed by atoms with Gasteiger partial charge in [0.25, 0.3) is 11.6 Å². The Morgan fingerprint density at radius 2 is 1.92 bits per heavy atom. The Bertz CT molecular complexity index is 811. The Morgan fingerprint density at radius 1 is 1.32 bits per heavy atom. The first-order valence-electron chi connectivity index (χ1n) is 7.39. The number of aliphatic hydroxyl groups is 1. The van der Waals surface area contributed by atoms with E-state index in [2.05, 4.69) is 5.32 Å². The molecule has 8 heteroatoms. The molecule has 0 saturated heterocycles. The van der Waals surface area contributed by atoms with Crippen molar-refractivity contribution in [1.82, 2.24) is 5.32 Å². The molecule has 0 bridgehead atoms. The largest absolute Gasteiger partial charge is 0.386 e. The fourth-order valence-corrected chi connectivity index (χ4v) is 2.74. The molecule has 0 aliphatic rings. The zero-order valence-electron chi connectivity index (χ0n) is 13.5. The smallest absolute Gasteiger partial charge is 0.283 e. The third-order valence-corrected chi connectivity index (χ3v) is 3.97. The SMILES string of the molecule is Cc1cc(Cl)cc([N+](=O)[O-])c1C(=O)N[C@@H](C)[C@@H](O)c1ccc(F)cc1. The molecule has 0 spiro atoms. The van der Waals surface area contributed by atoms with Crippen molar-refractivity contribution in [2.75, 3.05) is 0 Å². The molecule has 0 unspecified atom stereocenters. The summed E-state index contributed by atoms with van der Waals surface area (Å²) in [7, 11) is 0. The van der Waals surface area contributed by atoms with Gasteiger partial charge >= 0.3 is 0 Å². The number of rotatable bonds is 5. The van der Waals surface area contributed by atoms with Crippen LogP contribution in [0.5, 0.6) is 0 Å². The number of hydrogen-bond donors (Lipinski definition) is 2. The minimum absolute atomic E-state index is 0.118. The van der Waals surface area contributed by atoms with E-state index in [1.807, 2.05) is 0 Å². The van der Waals surface area contributed by atoms with Crippen LogP contribution in [0.2, 0.25) is 5.02 Å². The van der Waals surface area contributed by atoms with Gasteiger partial charge in [-0.1, -0.05) is 23.7 Å². The molecule has 2 atom stereocenters. The number of nitrogens with zero attached hydrogens (tertiary/aromatic N) is 1. The van der Waals surface area contributed by atoms with Gasteiger partial charge in [-0.25, -0.2) is 4.39 Å². The van der Waals surface area contributed by atoms with E-state index in [0.717, 1.165) is 6.07 Å². The fraction of sp³-hybridized carbons (Fsp3) is 0.235. The summed E-state index contributed by atoms with van der Waals surface area (Å²) in [5.41, 5.74) is 0.232. The van der Waals surface area contributed by atoms with Crippen LogP contribution in [-0.4, -0.2) is 22.0 Å². The lowest BCUT2D eigenvalue weighted by Gasteiger charge is -2.21. The molecule has 25 heavy (non-hydrogen) atoms. The van der Waals surface area contributed by atoms with Crippen LogP contribution in [0.1, 0.15) is 34.5 Å². The highest BCUT2D eigenvalue weighted by Gasteiger charge is 2.26. The summed E-state index contributed by atoms with van der Waals surface area (Å²) in [5, 5.41) is 24.1. The van der Waals surface area contributed by atoms with Crippen LogP contribution in [0.15, 0.2) is 36.4 Å². The van der Waals surface area contributed by atoms with Gasteiger partial charge in [0.2, 0.25) is 0 Å². The molecular weight excluding hydrogens is 351 g/mol. The Labute approximate surface area is 148 Å². The second-order valence-corrected chi connectivity index (χ2v) is 6.07. The highest BCUT2D eigenvalue weighted by atomic mass is 35.5. The van der Waals surface area contributed by atoms with Crippen molar-refractivity contribution in [2.24, 2.45) is 0 Å². The molecule has 0 saturated carbocycles. The van der Waals surface area contributed by atoms with Gasteiger partial charge in [0, 0.05) is 11.1 Å². The molecule has 0 radical (unpaired) electrons. The van der Waals surface area contributed by atoms with E-state index in [9.17, 15) is 24.4 Å². The maximum absolute atomic E-state index is 13.0. The second kappa shape index (κ2) is 7.58. The van der Waals surface area contributed by atoms with E-state index in [1.54, 1.807) is 6.92 Å². The Kier molecular flexibility index (Phi) is 5.71. The van der Waals surface area contributed by atoms with Gasteiger partial charge in [-0.2, -0.15) is 0 Å². The summed E-state index contributed by atoms with van der Waals surface area (Å²) in [6.45, 7) is 3.08.